The monoisotopic (exact) mass is 292 g/mol. The third-order valence-corrected chi connectivity index (χ3v) is 3.54. The van der Waals surface area contributed by atoms with Crippen LogP contribution in [0.15, 0.2) is 12.3 Å². The quantitative estimate of drug-likeness (QED) is 0.794. The van der Waals surface area contributed by atoms with E-state index in [0.717, 1.165) is 37.6 Å². The zero-order valence-electron chi connectivity index (χ0n) is 13.9. The van der Waals surface area contributed by atoms with Gasteiger partial charge in [0.25, 0.3) is 0 Å². The molecule has 5 nitrogen and oxygen atoms in total. The van der Waals surface area contributed by atoms with Crippen molar-refractivity contribution in [2.24, 2.45) is 0 Å². The Balaban J connectivity index is 2.74. The van der Waals surface area contributed by atoms with Gasteiger partial charge in [-0.25, -0.2) is 4.98 Å². The van der Waals surface area contributed by atoms with E-state index in [2.05, 4.69) is 23.3 Å². The Hall–Kier alpha value is -1.62. The lowest BCUT2D eigenvalue weighted by Crippen LogP contribution is -2.39. The van der Waals surface area contributed by atoms with Crippen LogP contribution in [0.4, 0.5) is 5.82 Å². The molecule has 5 heteroatoms. The Bertz CT molecular complexity index is 458. The molecule has 21 heavy (non-hydrogen) atoms. The van der Waals surface area contributed by atoms with Crippen LogP contribution in [0.1, 0.15) is 31.9 Å². The number of carbonyl (C=O) groups is 1. The van der Waals surface area contributed by atoms with E-state index >= 15 is 0 Å². The molecule has 0 bridgehead atoms. The summed E-state index contributed by atoms with van der Waals surface area (Å²) in [6.45, 7) is 11.8. The van der Waals surface area contributed by atoms with Crippen LogP contribution in [0.2, 0.25) is 0 Å². The maximum absolute atomic E-state index is 12.2. The van der Waals surface area contributed by atoms with Crippen LogP contribution >= 0.6 is 0 Å². The topological polar surface area (TPSA) is 48.5 Å². The number of carbonyl (C=O) groups excluding carboxylic acids is 1. The number of aromatic nitrogens is 1. The van der Waals surface area contributed by atoms with E-state index in [-0.39, 0.29) is 5.91 Å². The molecule has 0 saturated carbocycles. The first kappa shape index (κ1) is 17.4. The molecule has 0 aliphatic rings. The number of likely N-dealkylation sites (N-methyl/N-ethyl adjacent to an activating group) is 2. The number of hydrogen-bond donors (Lipinski definition) is 1. The Morgan fingerprint density at radius 1 is 1.29 bits per heavy atom. The van der Waals surface area contributed by atoms with Crippen LogP contribution < -0.4 is 10.2 Å². The fourth-order valence-electron chi connectivity index (χ4n) is 2.35. The summed E-state index contributed by atoms with van der Waals surface area (Å²) in [4.78, 5) is 20.4. The molecular weight excluding hydrogens is 264 g/mol. The lowest BCUT2D eigenvalue weighted by molar-refractivity contribution is -0.129. The summed E-state index contributed by atoms with van der Waals surface area (Å²) >= 11 is 0. The molecule has 1 amide bonds. The molecule has 0 aromatic carbocycles. The molecule has 0 unspecified atom stereocenters. The van der Waals surface area contributed by atoms with Crippen molar-refractivity contribution in [3.8, 4) is 0 Å². The van der Waals surface area contributed by atoms with Gasteiger partial charge in [-0.2, -0.15) is 0 Å². The van der Waals surface area contributed by atoms with Crippen molar-refractivity contribution in [2.45, 2.75) is 34.2 Å². The van der Waals surface area contributed by atoms with Gasteiger partial charge in [-0.05, 0) is 44.5 Å². The Morgan fingerprint density at radius 2 is 1.95 bits per heavy atom. The van der Waals surface area contributed by atoms with E-state index in [9.17, 15) is 4.79 Å². The summed E-state index contributed by atoms with van der Waals surface area (Å²) in [5, 5.41) is 3.29. The molecular formula is C16H28N4O. The van der Waals surface area contributed by atoms with Gasteiger partial charge in [0.05, 0.1) is 6.54 Å². The number of rotatable bonds is 8. The molecule has 1 aromatic rings. The van der Waals surface area contributed by atoms with Crippen molar-refractivity contribution in [3.05, 3.63) is 23.4 Å². The lowest BCUT2D eigenvalue weighted by Gasteiger charge is -2.24. The predicted molar refractivity (Wildman–Crippen MR) is 87.6 cm³/mol. The second-order valence-electron chi connectivity index (χ2n) is 5.19. The molecule has 0 aliphatic heterocycles. The molecule has 1 heterocycles. The van der Waals surface area contributed by atoms with Gasteiger partial charge in [-0.3, -0.25) is 4.79 Å². The molecule has 1 rings (SSSR count). The van der Waals surface area contributed by atoms with Crippen LogP contribution in [0.3, 0.4) is 0 Å². The summed E-state index contributed by atoms with van der Waals surface area (Å²) in [7, 11) is 1.92. The minimum absolute atomic E-state index is 0.139. The molecule has 0 atom stereocenters. The molecule has 0 fully saturated rings. The average Bonchev–Trinajstić information content (AvgIpc) is 2.46. The van der Waals surface area contributed by atoms with Crippen molar-refractivity contribution < 1.29 is 4.79 Å². The predicted octanol–water partition coefficient (Wildman–Crippen LogP) is 1.80. The molecule has 0 radical (unpaired) electrons. The Labute approximate surface area is 128 Å². The van der Waals surface area contributed by atoms with E-state index in [1.165, 1.54) is 5.56 Å². The molecule has 1 aromatic heterocycles. The highest BCUT2D eigenvalue weighted by Crippen LogP contribution is 2.16. The number of aryl methyl sites for hydroxylation is 1. The number of nitrogens with one attached hydrogen (secondary N) is 1. The van der Waals surface area contributed by atoms with E-state index in [1.54, 1.807) is 0 Å². The molecule has 0 aliphatic carbocycles. The zero-order valence-corrected chi connectivity index (χ0v) is 13.9. The first-order chi connectivity index (χ1) is 10.0. The zero-order chi connectivity index (χ0) is 15.8. The van der Waals surface area contributed by atoms with Gasteiger partial charge < -0.3 is 15.1 Å². The van der Waals surface area contributed by atoms with Crippen LogP contribution in [0.5, 0.6) is 0 Å². The van der Waals surface area contributed by atoms with Gasteiger partial charge in [0.15, 0.2) is 0 Å². The van der Waals surface area contributed by atoms with E-state index in [0.29, 0.717) is 6.54 Å². The fraction of sp³-hybridized carbons (Fsp3) is 0.625. The normalized spacial score (nSPS) is 10.5. The van der Waals surface area contributed by atoms with Gasteiger partial charge >= 0.3 is 0 Å². The second-order valence-corrected chi connectivity index (χ2v) is 5.19. The number of pyridine rings is 1. The minimum Gasteiger partial charge on any atom is -0.350 e. The van der Waals surface area contributed by atoms with Crippen LogP contribution in [-0.4, -0.2) is 49.0 Å². The standard InChI is InChI=1S/C16H28N4O/c1-6-17-10-14-9-13(4)16(18-11-14)19(5)12-15(21)20(7-2)8-3/h9,11,17H,6-8,10,12H2,1-5H3. The number of amides is 1. The van der Waals surface area contributed by atoms with Crippen molar-refractivity contribution in [1.82, 2.24) is 15.2 Å². The lowest BCUT2D eigenvalue weighted by atomic mass is 10.2. The van der Waals surface area contributed by atoms with Gasteiger partial charge in [0.2, 0.25) is 5.91 Å². The molecule has 1 N–H and O–H groups in total. The third-order valence-electron chi connectivity index (χ3n) is 3.54. The van der Waals surface area contributed by atoms with E-state index in [1.807, 2.05) is 43.8 Å². The number of nitrogens with zero attached hydrogens (tertiary/aromatic N) is 3. The summed E-state index contributed by atoms with van der Waals surface area (Å²) in [5.74, 6) is 1.01. The minimum atomic E-state index is 0.139. The maximum atomic E-state index is 12.2. The Morgan fingerprint density at radius 3 is 2.48 bits per heavy atom. The first-order valence-corrected chi connectivity index (χ1v) is 7.68. The highest BCUT2D eigenvalue weighted by molar-refractivity contribution is 5.81. The first-order valence-electron chi connectivity index (χ1n) is 7.68. The summed E-state index contributed by atoms with van der Waals surface area (Å²) in [6.07, 6.45) is 1.88. The SMILES string of the molecule is CCNCc1cnc(N(C)CC(=O)N(CC)CC)c(C)c1. The van der Waals surface area contributed by atoms with Gasteiger partial charge in [0.1, 0.15) is 5.82 Å². The number of hydrogen-bond acceptors (Lipinski definition) is 4. The van der Waals surface area contributed by atoms with E-state index in [4.69, 9.17) is 0 Å². The fourth-order valence-corrected chi connectivity index (χ4v) is 2.35. The van der Waals surface area contributed by atoms with E-state index < -0.39 is 0 Å². The highest BCUT2D eigenvalue weighted by Gasteiger charge is 2.15. The van der Waals surface area contributed by atoms with Crippen molar-refractivity contribution in [2.75, 3.05) is 38.1 Å². The summed E-state index contributed by atoms with van der Waals surface area (Å²) in [6, 6.07) is 2.13. The largest absolute Gasteiger partial charge is 0.350 e. The summed E-state index contributed by atoms with van der Waals surface area (Å²) < 4.78 is 0. The average molecular weight is 292 g/mol. The molecule has 118 valence electrons. The van der Waals surface area contributed by atoms with Crippen LogP contribution in [-0.2, 0) is 11.3 Å². The maximum Gasteiger partial charge on any atom is 0.242 e. The molecule has 0 saturated heterocycles. The van der Waals surface area contributed by atoms with Crippen molar-refractivity contribution in [1.29, 1.82) is 0 Å². The summed E-state index contributed by atoms with van der Waals surface area (Å²) in [5.41, 5.74) is 2.27. The van der Waals surface area contributed by atoms with Crippen LogP contribution in [0, 0.1) is 6.92 Å². The smallest absolute Gasteiger partial charge is 0.242 e. The third kappa shape index (κ3) is 5.01. The second kappa shape index (κ2) is 8.62. The highest BCUT2D eigenvalue weighted by atomic mass is 16.2. The molecule has 0 spiro atoms. The van der Waals surface area contributed by atoms with Crippen molar-refractivity contribution >= 4 is 11.7 Å². The van der Waals surface area contributed by atoms with Crippen LogP contribution in [0.25, 0.3) is 0 Å². The van der Waals surface area contributed by atoms with Crippen molar-refractivity contribution in [3.63, 3.8) is 0 Å². The number of anilines is 1. The van der Waals surface area contributed by atoms with Gasteiger partial charge in [-0.15, -0.1) is 0 Å². The van der Waals surface area contributed by atoms with Gasteiger partial charge in [-0.1, -0.05) is 6.92 Å². The van der Waals surface area contributed by atoms with Gasteiger partial charge in [0, 0.05) is 32.9 Å². The Kier molecular flexibility index (Phi) is 7.15.